The molecule has 1 aliphatic carbocycles. The van der Waals surface area contributed by atoms with Gasteiger partial charge in [0, 0.05) is 12.1 Å². The van der Waals surface area contributed by atoms with Crippen LogP contribution in [0.1, 0.15) is 13.3 Å². The first-order valence-corrected chi connectivity index (χ1v) is 5.11. The molecule has 1 fully saturated rings. The molecule has 0 aliphatic heterocycles. The Kier molecular flexibility index (Phi) is 2.64. The number of nitrogens with zero attached hydrogens (tertiary/aromatic N) is 2. The standard InChI is InChI=1S/C10H13N3O3/c1-6-2-8(6)10(16)12-7-3-11-13(4-7)5-9(14)15/h3-4,6,8H,2,5H2,1H3,(H,12,16)(H,14,15). The summed E-state index contributed by atoms with van der Waals surface area (Å²) in [7, 11) is 0. The fraction of sp³-hybridized carbons (Fsp3) is 0.500. The van der Waals surface area contributed by atoms with E-state index >= 15 is 0 Å². The molecule has 0 spiro atoms. The summed E-state index contributed by atoms with van der Waals surface area (Å²) in [6, 6.07) is 0. The van der Waals surface area contributed by atoms with Gasteiger partial charge in [0.2, 0.25) is 5.91 Å². The Bertz CT molecular complexity index is 427. The highest BCUT2D eigenvalue weighted by atomic mass is 16.4. The molecule has 0 bridgehead atoms. The SMILES string of the molecule is CC1CC1C(=O)Nc1cnn(CC(=O)O)c1. The molecular weight excluding hydrogens is 210 g/mol. The van der Waals surface area contributed by atoms with Gasteiger partial charge in [-0.25, -0.2) is 0 Å². The van der Waals surface area contributed by atoms with Crippen molar-refractivity contribution in [2.24, 2.45) is 11.8 Å². The van der Waals surface area contributed by atoms with Gasteiger partial charge in [0.15, 0.2) is 0 Å². The lowest BCUT2D eigenvalue weighted by molar-refractivity contribution is -0.137. The third-order valence-corrected chi connectivity index (χ3v) is 2.64. The van der Waals surface area contributed by atoms with E-state index in [0.29, 0.717) is 11.6 Å². The van der Waals surface area contributed by atoms with Crippen molar-refractivity contribution in [3.8, 4) is 0 Å². The molecular formula is C10H13N3O3. The Morgan fingerprint density at radius 1 is 1.69 bits per heavy atom. The van der Waals surface area contributed by atoms with Crippen molar-refractivity contribution in [2.45, 2.75) is 19.9 Å². The maximum Gasteiger partial charge on any atom is 0.325 e. The number of rotatable bonds is 4. The molecule has 2 N–H and O–H groups in total. The van der Waals surface area contributed by atoms with Crippen LogP contribution in [-0.4, -0.2) is 26.8 Å². The van der Waals surface area contributed by atoms with Crippen molar-refractivity contribution >= 4 is 17.6 Å². The van der Waals surface area contributed by atoms with Gasteiger partial charge in [0.05, 0.1) is 11.9 Å². The van der Waals surface area contributed by atoms with Gasteiger partial charge in [-0.15, -0.1) is 0 Å². The third kappa shape index (κ3) is 2.39. The number of nitrogens with one attached hydrogen (secondary N) is 1. The molecule has 1 heterocycles. The lowest BCUT2D eigenvalue weighted by Crippen LogP contribution is -2.14. The lowest BCUT2D eigenvalue weighted by Gasteiger charge is -1.99. The molecule has 1 aromatic heterocycles. The molecule has 0 radical (unpaired) electrons. The number of amides is 1. The van der Waals surface area contributed by atoms with Gasteiger partial charge in [-0.1, -0.05) is 6.92 Å². The van der Waals surface area contributed by atoms with E-state index in [1.54, 1.807) is 0 Å². The van der Waals surface area contributed by atoms with Gasteiger partial charge >= 0.3 is 5.97 Å². The highest BCUT2D eigenvalue weighted by Gasteiger charge is 2.39. The number of carbonyl (C=O) groups excluding carboxylic acids is 1. The summed E-state index contributed by atoms with van der Waals surface area (Å²) in [4.78, 5) is 22.0. The molecule has 2 rings (SSSR count). The first kappa shape index (κ1) is 10.7. The average molecular weight is 223 g/mol. The van der Waals surface area contributed by atoms with Gasteiger partial charge in [0.25, 0.3) is 0 Å². The summed E-state index contributed by atoms with van der Waals surface area (Å²) in [5.74, 6) is -0.420. The number of carboxylic acids is 1. The van der Waals surface area contributed by atoms with Crippen molar-refractivity contribution in [2.75, 3.05) is 5.32 Å². The van der Waals surface area contributed by atoms with Crippen LogP contribution in [0.25, 0.3) is 0 Å². The summed E-state index contributed by atoms with van der Waals surface area (Å²) in [6.07, 6.45) is 3.89. The number of aromatic nitrogens is 2. The van der Waals surface area contributed by atoms with Gasteiger partial charge in [-0.05, 0) is 12.3 Å². The Morgan fingerprint density at radius 3 is 2.94 bits per heavy atom. The van der Waals surface area contributed by atoms with Crippen LogP contribution < -0.4 is 5.32 Å². The predicted molar refractivity (Wildman–Crippen MR) is 55.8 cm³/mol. The van der Waals surface area contributed by atoms with E-state index in [0.717, 1.165) is 6.42 Å². The Balaban J connectivity index is 1.92. The van der Waals surface area contributed by atoms with Crippen molar-refractivity contribution in [1.29, 1.82) is 0 Å². The zero-order chi connectivity index (χ0) is 11.7. The van der Waals surface area contributed by atoms with Gasteiger partial charge in [0.1, 0.15) is 6.54 Å². The number of hydrogen-bond acceptors (Lipinski definition) is 3. The third-order valence-electron chi connectivity index (χ3n) is 2.64. The van der Waals surface area contributed by atoms with Crippen molar-refractivity contribution in [1.82, 2.24) is 9.78 Å². The van der Waals surface area contributed by atoms with Crippen LogP contribution in [0.5, 0.6) is 0 Å². The number of aliphatic carboxylic acids is 1. The first-order chi connectivity index (χ1) is 7.56. The number of hydrogen-bond donors (Lipinski definition) is 2. The summed E-state index contributed by atoms with van der Waals surface area (Å²) in [6.45, 7) is 1.83. The average Bonchev–Trinajstić information content (AvgIpc) is 2.76. The highest BCUT2D eigenvalue weighted by Crippen LogP contribution is 2.38. The van der Waals surface area contributed by atoms with E-state index in [-0.39, 0.29) is 18.4 Å². The summed E-state index contributed by atoms with van der Waals surface area (Å²) >= 11 is 0. The topological polar surface area (TPSA) is 84.2 Å². The largest absolute Gasteiger partial charge is 0.480 e. The number of anilines is 1. The molecule has 1 aliphatic rings. The zero-order valence-corrected chi connectivity index (χ0v) is 8.88. The Morgan fingerprint density at radius 2 is 2.38 bits per heavy atom. The monoisotopic (exact) mass is 223 g/mol. The molecule has 2 unspecified atom stereocenters. The second kappa shape index (κ2) is 3.96. The van der Waals surface area contributed by atoms with Crippen molar-refractivity contribution < 1.29 is 14.7 Å². The Hall–Kier alpha value is -1.85. The van der Waals surface area contributed by atoms with E-state index in [1.807, 2.05) is 6.92 Å². The van der Waals surface area contributed by atoms with Crippen molar-refractivity contribution in [3.63, 3.8) is 0 Å². The molecule has 0 saturated heterocycles. The number of carboxylic acid groups (broad SMARTS) is 1. The van der Waals surface area contributed by atoms with Crippen LogP contribution in [0, 0.1) is 11.8 Å². The maximum absolute atomic E-state index is 11.6. The molecule has 1 saturated carbocycles. The van der Waals surface area contributed by atoms with Gasteiger partial charge in [-0.2, -0.15) is 5.10 Å². The van der Waals surface area contributed by atoms with Crippen LogP contribution in [0.4, 0.5) is 5.69 Å². The first-order valence-electron chi connectivity index (χ1n) is 5.11. The molecule has 86 valence electrons. The molecule has 2 atom stereocenters. The molecule has 1 aromatic rings. The summed E-state index contributed by atoms with van der Waals surface area (Å²) in [5, 5.41) is 15.1. The second-order valence-electron chi connectivity index (χ2n) is 4.13. The number of carbonyl (C=O) groups is 2. The fourth-order valence-corrected chi connectivity index (χ4v) is 1.58. The van der Waals surface area contributed by atoms with Gasteiger partial charge < -0.3 is 10.4 Å². The van der Waals surface area contributed by atoms with E-state index in [1.165, 1.54) is 17.1 Å². The fourth-order valence-electron chi connectivity index (χ4n) is 1.58. The minimum atomic E-state index is -0.961. The van der Waals surface area contributed by atoms with Crippen LogP contribution in [-0.2, 0) is 16.1 Å². The molecule has 6 nitrogen and oxygen atoms in total. The van der Waals surface area contributed by atoms with E-state index in [2.05, 4.69) is 10.4 Å². The van der Waals surface area contributed by atoms with E-state index in [4.69, 9.17) is 5.11 Å². The molecule has 1 amide bonds. The summed E-state index contributed by atoms with van der Waals surface area (Å²) in [5.41, 5.74) is 0.547. The highest BCUT2D eigenvalue weighted by molar-refractivity contribution is 5.94. The van der Waals surface area contributed by atoms with Crippen LogP contribution in [0.15, 0.2) is 12.4 Å². The minimum absolute atomic E-state index is 0.0117. The normalized spacial score (nSPS) is 22.8. The molecule has 6 heteroatoms. The zero-order valence-electron chi connectivity index (χ0n) is 8.88. The van der Waals surface area contributed by atoms with Crippen LogP contribution in [0.3, 0.4) is 0 Å². The Labute approximate surface area is 92.3 Å². The summed E-state index contributed by atoms with van der Waals surface area (Å²) < 4.78 is 1.27. The molecule has 16 heavy (non-hydrogen) atoms. The van der Waals surface area contributed by atoms with Crippen LogP contribution in [0.2, 0.25) is 0 Å². The van der Waals surface area contributed by atoms with E-state index in [9.17, 15) is 9.59 Å². The molecule has 0 aromatic carbocycles. The smallest absolute Gasteiger partial charge is 0.325 e. The lowest BCUT2D eigenvalue weighted by atomic mass is 10.3. The maximum atomic E-state index is 11.6. The van der Waals surface area contributed by atoms with Gasteiger partial charge in [-0.3, -0.25) is 14.3 Å². The van der Waals surface area contributed by atoms with Crippen LogP contribution >= 0.6 is 0 Å². The second-order valence-corrected chi connectivity index (χ2v) is 4.13. The predicted octanol–water partition coefficient (Wildman–Crippen LogP) is 0.562. The minimum Gasteiger partial charge on any atom is -0.480 e. The van der Waals surface area contributed by atoms with E-state index < -0.39 is 5.97 Å². The van der Waals surface area contributed by atoms with Crippen molar-refractivity contribution in [3.05, 3.63) is 12.4 Å². The quantitative estimate of drug-likeness (QED) is 0.781.